The average Bonchev–Trinajstić information content (AvgIpc) is 3.02. The highest BCUT2D eigenvalue weighted by atomic mass is 16.5. The largest absolute Gasteiger partial charge is 0.463 e. The number of H-pyrrole nitrogens is 1. The number of hydrogen-bond acceptors (Lipinski definition) is 4. The topological polar surface area (TPSA) is 79.9 Å². The highest BCUT2D eigenvalue weighted by Crippen LogP contribution is 2.36. The molecule has 6 heteroatoms. The Morgan fingerprint density at radius 1 is 1.69 bits per heavy atom. The maximum atomic E-state index is 11.7. The van der Waals surface area contributed by atoms with Gasteiger partial charge < -0.3 is 4.74 Å². The Morgan fingerprint density at radius 2 is 2.44 bits per heavy atom. The summed E-state index contributed by atoms with van der Waals surface area (Å²) in [6.45, 7) is 4.29. The number of nitrogens with one attached hydrogen (secondary N) is 2. The molecule has 1 aromatic rings. The van der Waals surface area contributed by atoms with Gasteiger partial charge in [-0.1, -0.05) is 6.92 Å². The number of rotatable bonds is 5. The number of amides is 1. The smallest absolute Gasteiger partial charge is 0.337 e. The Labute approximate surface area is 93.8 Å². The molecule has 1 fully saturated rings. The minimum atomic E-state index is -0.0123. The van der Waals surface area contributed by atoms with Gasteiger partial charge in [-0.05, 0) is 25.7 Å². The van der Waals surface area contributed by atoms with Crippen LogP contribution < -0.4 is 10.1 Å². The zero-order chi connectivity index (χ0) is 11.5. The number of ether oxygens (including phenoxy) is 1. The molecule has 0 bridgehead atoms. The van der Waals surface area contributed by atoms with E-state index in [9.17, 15) is 4.79 Å². The molecule has 1 unspecified atom stereocenters. The van der Waals surface area contributed by atoms with Crippen molar-refractivity contribution >= 4 is 11.9 Å². The monoisotopic (exact) mass is 224 g/mol. The third-order valence-electron chi connectivity index (χ3n) is 2.72. The first kappa shape index (κ1) is 10.9. The summed E-state index contributed by atoms with van der Waals surface area (Å²) < 4.78 is 5.08. The van der Waals surface area contributed by atoms with Crippen LogP contribution in [0, 0.1) is 11.8 Å². The lowest BCUT2D eigenvalue weighted by molar-refractivity contribution is -0.120. The van der Waals surface area contributed by atoms with Gasteiger partial charge in [-0.3, -0.25) is 10.1 Å². The van der Waals surface area contributed by atoms with Crippen LogP contribution in [0.4, 0.5) is 5.95 Å². The number of aromatic nitrogens is 3. The second-order valence-electron chi connectivity index (χ2n) is 4.01. The van der Waals surface area contributed by atoms with Gasteiger partial charge in [0.25, 0.3) is 0 Å². The minimum Gasteiger partial charge on any atom is -0.463 e. The molecule has 1 aromatic heterocycles. The Kier molecular flexibility index (Phi) is 3.07. The van der Waals surface area contributed by atoms with Crippen molar-refractivity contribution in [3.63, 3.8) is 0 Å². The van der Waals surface area contributed by atoms with E-state index in [4.69, 9.17) is 4.74 Å². The van der Waals surface area contributed by atoms with Gasteiger partial charge in [0.15, 0.2) is 0 Å². The van der Waals surface area contributed by atoms with Crippen LogP contribution in [-0.4, -0.2) is 27.7 Å². The number of carbonyl (C=O) groups excluding carboxylic acids is 1. The SMILES string of the molecule is CCOc1n[nH]c(NC(=O)C(C)C2CC2)n1. The predicted octanol–water partition coefficient (Wildman–Crippen LogP) is 1.19. The summed E-state index contributed by atoms with van der Waals surface area (Å²) in [6, 6.07) is 0.261. The van der Waals surface area contributed by atoms with Gasteiger partial charge in [-0.15, -0.1) is 5.10 Å². The summed E-state index contributed by atoms with van der Waals surface area (Å²) in [4.78, 5) is 15.7. The molecule has 1 heterocycles. The van der Waals surface area contributed by atoms with Crippen LogP contribution in [0.1, 0.15) is 26.7 Å². The Morgan fingerprint density at radius 3 is 3.06 bits per heavy atom. The fourth-order valence-corrected chi connectivity index (χ4v) is 1.54. The lowest BCUT2D eigenvalue weighted by Gasteiger charge is -2.07. The van der Waals surface area contributed by atoms with E-state index >= 15 is 0 Å². The van der Waals surface area contributed by atoms with E-state index in [0.29, 0.717) is 18.5 Å². The minimum absolute atomic E-state index is 0.0123. The van der Waals surface area contributed by atoms with E-state index in [1.165, 1.54) is 0 Å². The van der Waals surface area contributed by atoms with E-state index < -0.39 is 0 Å². The second kappa shape index (κ2) is 4.51. The summed E-state index contributed by atoms with van der Waals surface area (Å²) >= 11 is 0. The lowest BCUT2D eigenvalue weighted by atomic mass is 10.1. The zero-order valence-corrected chi connectivity index (χ0v) is 9.49. The fraction of sp³-hybridized carbons (Fsp3) is 0.700. The number of aromatic amines is 1. The van der Waals surface area contributed by atoms with Crippen LogP contribution in [0.2, 0.25) is 0 Å². The van der Waals surface area contributed by atoms with E-state index in [1.54, 1.807) is 0 Å². The molecule has 2 N–H and O–H groups in total. The van der Waals surface area contributed by atoms with Gasteiger partial charge in [-0.2, -0.15) is 4.98 Å². The molecule has 0 saturated heterocycles. The van der Waals surface area contributed by atoms with Crippen molar-refractivity contribution in [2.24, 2.45) is 11.8 Å². The quantitative estimate of drug-likeness (QED) is 0.787. The highest BCUT2D eigenvalue weighted by Gasteiger charge is 2.32. The van der Waals surface area contributed by atoms with Crippen molar-refractivity contribution in [3.05, 3.63) is 0 Å². The first-order chi connectivity index (χ1) is 7.70. The van der Waals surface area contributed by atoms with Crippen molar-refractivity contribution in [3.8, 4) is 6.01 Å². The van der Waals surface area contributed by atoms with E-state index in [-0.39, 0.29) is 17.8 Å². The number of nitrogens with zero attached hydrogens (tertiary/aromatic N) is 2. The maximum Gasteiger partial charge on any atom is 0.337 e. The summed E-state index contributed by atoms with van der Waals surface area (Å²) in [7, 11) is 0. The summed E-state index contributed by atoms with van der Waals surface area (Å²) in [6.07, 6.45) is 2.30. The first-order valence-corrected chi connectivity index (χ1v) is 5.56. The third kappa shape index (κ3) is 2.50. The normalized spacial score (nSPS) is 16.9. The van der Waals surface area contributed by atoms with Crippen LogP contribution >= 0.6 is 0 Å². The molecule has 1 saturated carbocycles. The molecule has 88 valence electrons. The van der Waals surface area contributed by atoms with Gasteiger partial charge in [0.2, 0.25) is 11.9 Å². The van der Waals surface area contributed by atoms with Crippen LogP contribution in [-0.2, 0) is 4.79 Å². The highest BCUT2D eigenvalue weighted by molar-refractivity contribution is 5.91. The van der Waals surface area contributed by atoms with Crippen molar-refractivity contribution < 1.29 is 9.53 Å². The molecule has 1 aliphatic carbocycles. The molecule has 1 atom stereocenters. The zero-order valence-electron chi connectivity index (χ0n) is 9.49. The molecule has 0 aliphatic heterocycles. The van der Waals surface area contributed by atoms with Crippen molar-refractivity contribution in [2.75, 3.05) is 11.9 Å². The summed E-state index contributed by atoms with van der Waals surface area (Å²) in [5.74, 6) is 0.914. The Bertz CT molecular complexity index is 373. The molecule has 0 aromatic carbocycles. The number of hydrogen-bond donors (Lipinski definition) is 2. The predicted molar refractivity (Wildman–Crippen MR) is 58.1 cm³/mol. The average molecular weight is 224 g/mol. The molecule has 0 radical (unpaired) electrons. The van der Waals surface area contributed by atoms with Gasteiger partial charge in [0, 0.05) is 5.92 Å². The lowest BCUT2D eigenvalue weighted by Crippen LogP contribution is -2.22. The van der Waals surface area contributed by atoms with Gasteiger partial charge >= 0.3 is 6.01 Å². The van der Waals surface area contributed by atoms with Crippen LogP contribution in [0.3, 0.4) is 0 Å². The first-order valence-electron chi connectivity index (χ1n) is 5.56. The molecule has 1 aliphatic rings. The number of carbonyl (C=O) groups is 1. The van der Waals surface area contributed by atoms with E-state index in [1.807, 2.05) is 13.8 Å². The van der Waals surface area contributed by atoms with Gasteiger partial charge in [0.05, 0.1) is 6.61 Å². The summed E-state index contributed by atoms with van der Waals surface area (Å²) in [5, 5.41) is 9.12. The van der Waals surface area contributed by atoms with Crippen molar-refractivity contribution in [2.45, 2.75) is 26.7 Å². The Balaban J connectivity index is 1.89. The third-order valence-corrected chi connectivity index (χ3v) is 2.72. The Hall–Kier alpha value is -1.59. The molecule has 2 rings (SSSR count). The molecular weight excluding hydrogens is 208 g/mol. The van der Waals surface area contributed by atoms with Crippen LogP contribution in [0.5, 0.6) is 6.01 Å². The molecule has 1 amide bonds. The van der Waals surface area contributed by atoms with E-state index in [0.717, 1.165) is 12.8 Å². The maximum absolute atomic E-state index is 11.7. The standard InChI is InChI=1S/C10H16N4O2/c1-3-16-10-12-9(13-14-10)11-8(15)6(2)7-4-5-7/h6-7H,3-5H2,1-2H3,(H2,11,12,13,14,15). The molecule has 16 heavy (non-hydrogen) atoms. The van der Waals surface area contributed by atoms with Crippen molar-refractivity contribution in [1.82, 2.24) is 15.2 Å². The molecule has 6 nitrogen and oxygen atoms in total. The fourth-order valence-electron chi connectivity index (χ4n) is 1.54. The van der Waals surface area contributed by atoms with Crippen LogP contribution in [0.25, 0.3) is 0 Å². The molecular formula is C10H16N4O2. The van der Waals surface area contributed by atoms with Gasteiger partial charge in [-0.25, -0.2) is 5.10 Å². The van der Waals surface area contributed by atoms with E-state index in [2.05, 4.69) is 20.5 Å². The van der Waals surface area contributed by atoms with Crippen LogP contribution in [0.15, 0.2) is 0 Å². The van der Waals surface area contributed by atoms with Crippen molar-refractivity contribution in [1.29, 1.82) is 0 Å². The second-order valence-corrected chi connectivity index (χ2v) is 4.01. The molecule has 0 spiro atoms. The number of anilines is 1. The van der Waals surface area contributed by atoms with Gasteiger partial charge in [0.1, 0.15) is 0 Å². The summed E-state index contributed by atoms with van der Waals surface area (Å²) in [5.41, 5.74) is 0.